The van der Waals surface area contributed by atoms with Crippen LogP contribution >= 0.6 is 0 Å². The summed E-state index contributed by atoms with van der Waals surface area (Å²) in [5.74, 6) is 0.179. The highest BCUT2D eigenvalue weighted by atomic mass is 19.4. The molecule has 0 spiro atoms. The minimum atomic E-state index is -4.42. The lowest BCUT2D eigenvalue weighted by molar-refractivity contribution is -0.141. The second-order valence-electron chi connectivity index (χ2n) is 4.33. The number of hydrogen-bond acceptors (Lipinski definition) is 2. The van der Waals surface area contributed by atoms with Crippen molar-refractivity contribution in [1.29, 1.82) is 5.26 Å². The number of alkyl halides is 3. The molecule has 0 amide bonds. The molecule has 2 unspecified atom stereocenters. The first-order chi connectivity index (χ1) is 8.40. The fourth-order valence-corrected chi connectivity index (χ4v) is 1.82. The molecule has 0 bridgehead atoms. The van der Waals surface area contributed by atoms with Crippen molar-refractivity contribution in [3.63, 3.8) is 0 Å². The molecule has 0 aliphatic heterocycles. The second kappa shape index (κ2) is 5.85. The SMILES string of the molecule is CCC(C)C(CC#N)c1ccc(C(F)(F)F)nc1. The first kappa shape index (κ1) is 14.5. The number of aromatic nitrogens is 1. The molecule has 5 heteroatoms. The van der Waals surface area contributed by atoms with Crippen molar-refractivity contribution >= 4 is 0 Å². The molecule has 0 aliphatic carbocycles. The van der Waals surface area contributed by atoms with Crippen LogP contribution < -0.4 is 0 Å². The van der Waals surface area contributed by atoms with Gasteiger partial charge in [-0.25, -0.2) is 0 Å². The van der Waals surface area contributed by atoms with Crippen LogP contribution in [0.4, 0.5) is 13.2 Å². The maximum atomic E-state index is 12.4. The van der Waals surface area contributed by atoms with Crippen molar-refractivity contribution in [3.8, 4) is 6.07 Å². The Hall–Kier alpha value is -1.57. The first-order valence-electron chi connectivity index (χ1n) is 5.80. The Bertz CT molecular complexity index is 417. The predicted octanol–water partition coefficient (Wildman–Crippen LogP) is 4.14. The van der Waals surface area contributed by atoms with Crippen molar-refractivity contribution < 1.29 is 13.2 Å². The third-order valence-corrected chi connectivity index (χ3v) is 3.15. The minimum absolute atomic E-state index is 0.0604. The van der Waals surface area contributed by atoms with Crippen LogP contribution in [0.5, 0.6) is 0 Å². The van der Waals surface area contributed by atoms with Crippen LogP contribution in [0.2, 0.25) is 0 Å². The van der Waals surface area contributed by atoms with Crippen molar-refractivity contribution in [2.45, 2.75) is 38.8 Å². The number of rotatable bonds is 4. The van der Waals surface area contributed by atoms with Gasteiger partial charge >= 0.3 is 6.18 Å². The molecule has 18 heavy (non-hydrogen) atoms. The van der Waals surface area contributed by atoms with E-state index in [2.05, 4.69) is 11.1 Å². The molecule has 1 rings (SSSR count). The van der Waals surface area contributed by atoms with Gasteiger partial charge in [0, 0.05) is 18.5 Å². The number of pyridine rings is 1. The molecule has 1 aromatic rings. The zero-order valence-corrected chi connectivity index (χ0v) is 10.3. The zero-order valence-electron chi connectivity index (χ0n) is 10.3. The van der Waals surface area contributed by atoms with Gasteiger partial charge in [-0.3, -0.25) is 4.98 Å². The first-order valence-corrected chi connectivity index (χ1v) is 5.80. The quantitative estimate of drug-likeness (QED) is 0.811. The van der Waals surface area contributed by atoms with E-state index in [0.717, 1.165) is 12.5 Å². The van der Waals surface area contributed by atoms with Gasteiger partial charge in [0.25, 0.3) is 0 Å². The number of halogens is 3. The normalized spacial score (nSPS) is 14.9. The van der Waals surface area contributed by atoms with Gasteiger partial charge in [0.2, 0.25) is 0 Å². The summed E-state index contributed by atoms with van der Waals surface area (Å²) in [7, 11) is 0. The van der Waals surface area contributed by atoms with Gasteiger partial charge in [0.1, 0.15) is 5.69 Å². The summed E-state index contributed by atoms with van der Waals surface area (Å²) in [6, 6.07) is 4.47. The highest BCUT2D eigenvalue weighted by Gasteiger charge is 2.32. The van der Waals surface area contributed by atoms with Crippen LogP contribution in [0.25, 0.3) is 0 Å². The van der Waals surface area contributed by atoms with E-state index in [1.807, 2.05) is 13.8 Å². The monoisotopic (exact) mass is 256 g/mol. The summed E-state index contributed by atoms with van der Waals surface area (Å²) in [5.41, 5.74) is -0.204. The molecule has 1 heterocycles. The van der Waals surface area contributed by atoms with E-state index in [9.17, 15) is 13.2 Å². The van der Waals surface area contributed by atoms with Crippen LogP contribution in [0.3, 0.4) is 0 Å². The molecule has 98 valence electrons. The highest BCUT2D eigenvalue weighted by molar-refractivity contribution is 5.21. The largest absolute Gasteiger partial charge is 0.433 e. The van der Waals surface area contributed by atoms with Crippen molar-refractivity contribution in [2.75, 3.05) is 0 Å². The fourth-order valence-electron chi connectivity index (χ4n) is 1.82. The van der Waals surface area contributed by atoms with Gasteiger partial charge in [-0.05, 0) is 17.5 Å². The van der Waals surface area contributed by atoms with E-state index < -0.39 is 11.9 Å². The van der Waals surface area contributed by atoms with Crippen LogP contribution in [0.15, 0.2) is 18.3 Å². The summed E-state index contributed by atoms with van der Waals surface area (Å²) in [4.78, 5) is 3.44. The van der Waals surface area contributed by atoms with Crippen LogP contribution in [0.1, 0.15) is 43.9 Å². The molecule has 2 atom stereocenters. The second-order valence-corrected chi connectivity index (χ2v) is 4.33. The lowest BCUT2D eigenvalue weighted by Gasteiger charge is -2.20. The van der Waals surface area contributed by atoms with Gasteiger partial charge in [-0.15, -0.1) is 0 Å². The van der Waals surface area contributed by atoms with Gasteiger partial charge in [-0.2, -0.15) is 18.4 Å². The third-order valence-electron chi connectivity index (χ3n) is 3.15. The average Bonchev–Trinajstić information content (AvgIpc) is 2.34. The molecule has 0 saturated carbocycles. The Morgan fingerprint density at radius 2 is 2.06 bits per heavy atom. The Balaban J connectivity index is 2.98. The van der Waals surface area contributed by atoms with Crippen LogP contribution in [-0.2, 0) is 6.18 Å². The standard InChI is InChI=1S/C13H15F3N2/c1-3-9(2)11(6-7-17)10-4-5-12(18-8-10)13(14,15)16/h4-5,8-9,11H,3,6H2,1-2H3. The lowest BCUT2D eigenvalue weighted by atomic mass is 9.84. The highest BCUT2D eigenvalue weighted by Crippen LogP contribution is 2.32. The molecule has 0 aliphatic rings. The van der Waals surface area contributed by atoms with E-state index in [0.29, 0.717) is 12.0 Å². The van der Waals surface area contributed by atoms with E-state index in [-0.39, 0.29) is 11.8 Å². The van der Waals surface area contributed by atoms with Crippen LogP contribution in [-0.4, -0.2) is 4.98 Å². The molecule has 0 N–H and O–H groups in total. The summed E-state index contributed by atoms with van der Waals surface area (Å²) < 4.78 is 37.1. The maximum Gasteiger partial charge on any atom is 0.433 e. The molecule has 0 saturated heterocycles. The average molecular weight is 256 g/mol. The Labute approximate surface area is 104 Å². The van der Waals surface area contributed by atoms with Crippen molar-refractivity contribution in [3.05, 3.63) is 29.6 Å². The van der Waals surface area contributed by atoms with E-state index in [1.54, 1.807) is 0 Å². The zero-order chi connectivity index (χ0) is 13.8. The minimum Gasteiger partial charge on any atom is -0.251 e. The third kappa shape index (κ3) is 3.46. The molecule has 0 radical (unpaired) electrons. The van der Waals surface area contributed by atoms with Gasteiger partial charge in [0.15, 0.2) is 0 Å². The predicted molar refractivity (Wildman–Crippen MR) is 61.7 cm³/mol. The lowest BCUT2D eigenvalue weighted by Crippen LogP contribution is -2.12. The number of nitrogens with zero attached hydrogens (tertiary/aromatic N) is 2. The smallest absolute Gasteiger partial charge is 0.251 e. The van der Waals surface area contributed by atoms with Crippen molar-refractivity contribution in [2.24, 2.45) is 5.92 Å². The Morgan fingerprint density at radius 1 is 1.39 bits per heavy atom. The van der Waals surface area contributed by atoms with E-state index >= 15 is 0 Å². The molecule has 0 fully saturated rings. The molecule has 2 nitrogen and oxygen atoms in total. The summed E-state index contributed by atoms with van der Waals surface area (Å²) in [5, 5.41) is 8.78. The van der Waals surface area contributed by atoms with Gasteiger partial charge in [0.05, 0.1) is 6.07 Å². The molecule has 0 aromatic carbocycles. The van der Waals surface area contributed by atoms with Crippen LogP contribution in [0, 0.1) is 17.2 Å². The fraction of sp³-hybridized carbons (Fsp3) is 0.538. The summed E-state index contributed by atoms with van der Waals surface area (Å²) in [6.07, 6.45) is -2.02. The summed E-state index contributed by atoms with van der Waals surface area (Å²) >= 11 is 0. The molecule has 1 aromatic heterocycles. The molecular weight excluding hydrogens is 241 g/mol. The van der Waals surface area contributed by atoms with E-state index in [1.165, 1.54) is 12.3 Å². The summed E-state index contributed by atoms with van der Waals surface area (Å²) in [6.45, 7) is 3.98. The Morgan fingerprint density at radius 3 is 2.44 bits per heavy atom. The number of nitriles is 1. The topological polar surface area (TPSA) is 36.7 Å². The molecular formula is C13H15F3N2. The van der Waals surface area contributed by atoms with E-state index in [4.69, 9.17) is 5.26 Å². The van der Waals surface area contributed by atoms with Gasteiger partial charge < -0.3 is 0 Å². The van der Waals surface area contributed by atoms with Crippen molar-refractivity contribution in [1.82, 2.24) is 4.98 Å². The maximum absolute atomic E-state index is 12.4. The Kier molecular flexibility index (Phi) is 4.71. The van der Waals surface area contributed by atoms with Gasteiger partial charge in [-0.1, -0.05) is 26.3 Å². The number of hydrogen-bond donors (Lipinski definition) is 0.